The Bertz CT molecular complexity index is 913. The lowest BCUT2D eigenvalue weighted by Gasteiger charge is -2.29. The summed E-state index contributed by atoms with van der Waals surface area (Å²) in [5, 5.41) is 4.91. The third-order valence-electron chi connectivity index (χ3n) is 5.67. The molecule has 1 N–H and O–H groups in total. The van der Waals surface area contributed by atoms with Crippen LogP contribution in [-0.4, -0.2) is 34.6 Å². The van der Waals surface area contributed by atoms with Crippen molar-refractivity contribution in [3.8, 4) is 0 Å². The molecule has 0 saturated heterocycles. The Morgan fingerprint density at radius 3 is 2.31 bits per heavy atom. The normalized spacial score (nSPS) is 14.9. The van der Waals surface area contributed by atoms with Crippen LogP contribution in [0.4, 0.5) is 0 Å². The van der Waals surface area contributed by atoms with Gasteiger partial charge in [-0.05, 0) is 55.2 Å². The Morgan fingerprint density at radius 2 is 1.69 bits per heavy atom. The lowest BCUT2D eigenvalue weighted by atomic mass is 10.1. The van der Waals surface area contributed by atoms with Gasteiger partial charge in [0.15, 0.2) is 0 Å². The summed E-state index contributed by atoms with van der Waals surface area (Å²) in [6.45, 7) is 2.12. The summed E-state index contributed by atoms with van der Waals surface area (Å²) in [5.74, 6) is 0.512. The molecule has 0 spiro atoms. The van der Waals surface area contributed by atoms with Crippen LogP contribution in [0.1, 0.15) is 43.7 Å². The number of hydrogen-bond acceptors (Lipinski definition) is 3. The zero-order chi connectivity index (χ0) is 23.1. The molecule has 1 aliphatic rings. The van der Waals surface area contributed by atoms with Gasteiger partial charge >= 0.3 is 0 Å². The van der Waals surface area contributed by atoms with E-state index in [0.717, 1.165) is 36.8 Å². The SMILES string of the molecule is CC(C(=O)NC1CCCC1)N(Cc1ccc(Cl)cc1)C(=O)CSCc1c(Cl)cccc1Cl. The molecule has 1 atom stereocenters. The van der Waals surface area contributed by atoms with E-state index in [-0.39, 0.29) is 23.6 Å². The molecule has 3 rings (SSSR count). The Kier molecular flexibility index (Phi) is 9.60. The van der Waals surface area contributed by atoms with E-state index in [1.54, 1.807) is 42.2 Å². The van der Waals surface area contributed by atoms with Gasteiger partial charge in [0.2, 0.25) is 11.8 Å². The minimum absolute atomic E-state index is 0.109. The van der Waals surface area contributed by atoms with Crippen LogP contribution in [-0.2, 0) is 21.9 Å². The number of amides is 2. The zero-order valence-electron chi connectivity index (χ0n) is 18.0. The number of hydrogen-bond donors (Lipinski definition) is 1. The molecular weight excluding hydrogens is 487 g/mol. The van der Waals surface area contributed by atoms with Gasteiger partial charge in [0.05, 0.1) is 5.75 Å². The van der Waals surface area contributed by atoms with E-state index in [0.29, 0.717) is 27.4 Å². The molecule has 2 aromatic carbocycles. The summed E-state index contributed by atoms with van der Waals surface area (Å²) < 4.78 is 0. The summed E-state index contributed by atoms with van der Waals surface area (Å²) in [5.41, 5.74) is 1.73. The topological polar surface area (TPSA) is 49.4 Å². The number of carbonyl (C=O) groups is 2. The summed E-state index contributed by atoms with van der Waals surface area (Å²) >= 11 is 19.9. The first-order chi connectivity index (χ1) is 15.3. The first kappa shape index (κ1) is 25.2. The molecule has 0 aromatic heterocycles. The van der Waals surface area contributed by atoms with Crippen molar-refractivity contribution in [3.05, 3.63) is 68.7 Å². The molecule has 0 radical (unpaired) electrons. The maximum Gasteiger partial charge on any atom is 0.242 e. The van der Waals surface area contributed by atoms with Gasteiger partial charge in [0.25, 0.3) is 0 Å². The van der Waals surface area contributed by atoms with E-state index in [1.807, 2.05) is 12.1 Å². The third kappa shape index (κ3) is 7.05. The summed E-state index contributed by atoms with van der Waals surface area (Å²) in [4.78, 5) is 27.7. The van der Waals surface area contributed by atoms with Crippen LogP contribution in [0.25, 0.3) is 0 Å². The minimum atomic E-state index is -0.580. The molecule has 0 aliphatic heterocycles. The van der Waals surface area contributed by atoms with Crippen LogP contribution in [0.2, 0.25) is 15.1 Å². The molecule has 0 heterocycles. The molecule has 4 nitrogen and oxygen atoms in total. The van der Waals surface area contributed by atoms with E-state index in [1.165, 1.54) is 11.8 Å². The monoisotopic (exact) mass is 512 g/mol. The number of rotatable bonds is 9. The number of thioether (sulfide) groups is 1. The van der Waals surface area contributed by atoms with Crippen LogP contribution in [0.15, 0.2) is 42.5 Å². The fourth-order valence-electron chi connectivity index (χ4n) is 3.75. The minimum Gasteiger partial charge on any atom is -0.352 e. The van der Waals surface area contributed by atoms with Crippen molar-refractivity contribution in [2.24, 2.45) is 0 Å². The molecule has 1 aliphatic carbocycles. The van der Waals surface area contributed by atoms with Crippen molar-refractivity contribution in [1.82, 2.24) is 10.2 Å². The van der Waals surface area contributed by atoms with E-state index in [9.17, 15) is 9.59 Å². The first-order valence-electron chi connectivity index (χ1n) is 10.7. The lowest BCUT2D eigenvalue weighted by Crippen LogP contribution is -2.50. The van der Waals surface area contributed by atoms with E-state index in [2.05, 4.69) is 5.32 Å². The van der Waals surface area contributed by atoms with Crippen molar-refractivity contribution < 1.29 is 9.59 Å². The van der Waals surface area contributed by atoms with Gasteiger partial charge in [-0.1, -0.05) is 65.8 Å². The average molecular weight is 514 g/mol. The average Bonchev–Trinajstić information content (AvgIpc) is 3.27. The van der Waals surface area contributed by atoms with Crippen LogP contribution < -0.4 is 5.32 Å². The summed E-state index contributed by atoms with van der Waals surface area (Å²) in [6, 6.07) is 12.3. The molecular formula is C24H27Cl3N2O2S. The maximum atomic E-state index is 13.2. The molecule has 1 fully saturated rings. The number of carbonyl (C=O) groups excluding carboxylic acids is 2. The highest BCUT2D eigenvalue weighted by Gasteiger charge is 2.28. The largest absolute Gasteiger partial charge is 0.352 e. The van der Waals surface area contributed by atoms with Crippen molar-refractivity contribution in [3.63, 3.8) is 0 Å². The molecule has 2 amide bonds. The number of benzene rings is 2. The third-order valence-corrected chi connectivity index (χ3v) is 7.57. The fraction of sp³-hybridized carbons (Fsp3) is 0.417. The van der Waals surface area contributed by atoms with Gasteiger partial charge < -0.3 is 10.2 Å². The van der Waals surface area contributed by atoms with Crippen molar-refractivity contribution in [2.45, 2.75) is 57.0 Å². The van der Waals surface area contributed by atoms with Gasteiger partial charge in [0.1, 0.15) is 6.04 Å². The molecule has 8 heteroatoms. The molecule has 1 unspecified atom stereocenters. The van der Waals surface area contributed by atoms with Crippen LogP contribution in [0.5, 0.6) is 0 Å². The van der Waals surface area contributed by atoms with Gasteiger partial charge in [-0.15, -0.1) is 11.8 Å². The summed E-state index contributed by atoms with van der Waals surface area (Å²) in [6.07, 6.45) is 4.26. The highest BCUT2D eigenvalue weighted by atomic mass is 35.5. The lowest BCUT2D eigenvalue weighted by molar-refractivity contribution is -0.138. The number of halogens is 3. The zero-order valence-corrected chi connectivity index (χ0v) is 21.0. The molecule has 2 aromatic rings. The van der Waals surface area contributed by atoms with E-state index in [4.69, 9.17) is 34.8 Å². The fourth-order valence-corrected chi connectivity index (χ4v) is 5.53. The van der Waals surface area contributed by atoms with E-state index < -0.39 is 6.04 Å². The van der Waals surface area contributed by atoms with Crippen LogP contribution in [0, 0.1) is 0 Å². The van der Waals surface area contributed by atoms with Gasteiger partial charge in [0, 0.05) is 33.4 Å². The number of nitrogens with zero attached hydrogens (tertiary/aromatic N) is 1. The smallest absolute Gasteiger partial charge is 0.242 e. The van der Waals surface area contributed by atoms with Crippen molar-refractivity contribution in [2.75, 3.05) is 5.75 Å². The predicted molar refractivity (Wildman–Crippen MR) is 134 cm³/mol. The van der Waals surface area contributed by atoms with Gasteiger partial charge in [-0.2, -0.15) is 0 Å². The predicted octanol–water partition coefficient (Wildman–Crippen LogP) is 6.36. The first-order valence-corrected chi connectivity index (χ1v) is 13.0. The summed E-state index contributed by atoms with van der Waals surface area (Å²) in [7, 11) is 0. The Hall–Kier alpha value is -1.40. The molecule has 32 heavy (non-hydrogen) atoms. The van der Waals surface area contributed by atoms with Crippen LogP contribution in [0.3, 0.4) is 0 Å². The molecule has 0 bridgehead atoms. The van der Waals surface area contributed by atoms with Crippen molar-refractivity contribution in [1.29, 1.82) is 0 Å². The molecule has 1 saturated carbocycles. The second-order valence-corrected chi connectivity index (χ2v) is 10.2. The Balaban J connectivity index is 1.67. The van der Waals surface area contributed by atoms with Gasteiger partial charge in [-0.3, -0.25) is 9.59 Å². The Labute approximate surface area is 209 Å². The molecule has 172 valence electrons. The second-order valence-electron chi connectivity index (χ2n) is 8.01. The quantitative estimate of drug-likeness (QED) is 0.425. The van der Waals surface area contributed by atoms with Gasteiger partial charge in [-0.25, -0.2) is 0 Å². The standard InChI is InChI=1S/C24H27Cl3N2O2S/c1-16(24(31)28-19-5-2-3-6-19)29(13-17-9-11-18(25)12-10-17)23(30)15-32-14-20-21(26)7-4-8-22(20)27/h4,7-12,16,19H,2-3,5-6,13-15H2,1H3,(H,28,31). The maximum absolute atomic E-state index is 13.2. The highest BCUT2D eigenvalue weighted by Crippen LogP contribution is 2.28. The second kappa shape index (κ2) is 12.2. The van der Waals surface area contributed by atoms with Crippen LogP contribution >= 0.6 is 46.6 Å². The highest BCUT2D eigenvalue weighted by molar-refractivity contribution is 7.99. The van der Waals surface area contributed by atoms with E-state index >= 15 is 0 Å². The van der Waals surface area contributed by atoms with Crippen molar-refractivity contribution >= 4 is 58.4 Å². The Morgan fingerprint density at radius 1 is 1.06 bits per heavy atom. The number of nitrogens with one attached hydrogen (secondary N) is 1.